The lowest BCUT2D eigenvalue weighted by molar-refractivity contribution is -0.138. The van der Waals surface area contributed by atoms with Gasteiger partial charge in [0.25, 0.3) is 0 Å². The predicted octanol–water partition coefficient (Wildman–Crippen LogP) is 0.927. The first-order chi connectivity index (χ1) is 9.05. The van der Waals surface area contributed by atoms with Crippen LogP contribution in [0.2, 0.25) is 0 Å². The number of aliphatic hydroxyl groups is 1. The molecule has 1 aliphatic carbocycles. The first-order valence-electron chi connectivity index (χ1n) is 7.23. The molecule has 1 amide bonds. The Morgan fingerprint density at radius 1 is 1.40 bits per heavy atom. The van der Waals surface area contributed by atoms with Gasteiger partial charge in [-0.1, -0.05) is 0 Å². The molecule has 6 heteroatoms. The molecule has 1 aliphatic heterocycles. The van der Waals surface area contributed by atoms with Crippen molar-refractivity contribution in [2.45, 2.75) is 44.1 Å². The molecule has 0 aromatic rings. The summed E-state index contributed by atoms with van der Waals surface area (Å²) < 4.78 is 5.08. The van der Waals surface area contributed by atoms with Crippen molar-refractivity contribution in [3.63, 3.8) is 0 Å². The van der Waals surface area contributed by atoms with E-state index in [1.807, 2.05) is 4.90 Å². The number of hydrogen-bond donors (Lipinski definition) is 2. The number of nitrogens with zero attached hydrogens (tertiary/aromatic N) is 1. The maximum atomic E-state index is 12.3. The minimum atomic E-state index is -0.592. The monoisotopic (exact) mass is 306 g/mol. The Morgan fingerprint density at radius 2 is 2.10 bits per heavy atom. The Hall–Kier alpha value is -0.360. The van der Waals surface area contributed by atoms with Crippen molar-refractivity contribution in [3.8, 4) is 0 Å². The van der Waals surface area contributed by atoms with Gasteiger partial charge in [-0.15, -0.1) is 12.4 Å². The molecule has 1 unspecified atom stereocenters. The average molecular weight is 307 g/mol. The Balaban J connectivity index is 0.00000200. The van der Waals surface area contributed by atoms with E-state index in [9.17, 15) is 9.90 Å². The van der Waals surface area contributed by atoms with Crippen LogP contribution in [0.4, 0.5) is 0 Å². The molecule has 0 aromatic carbocycles. The van der Waals surface area contributed by atoms with Gasteiger partial charge in [-0.05, 0) is 38.5 Å². The van der Waals surface area contributed by atoms with E-state index in [1.54, 1.807) is 7.11 Å². The van der Waals surface area contributed by atoms with Gasteiger partial charge in [-0.3, -0.25) is 4.79 Å². The molecule has 1 heterocycles. The summed E-state index contributed by atoms with van der Waals surface area (Å²) in [5, 5.41) is 9.75. The second-order valence-corrected chi connectivity index (χ2v) is 6.24. The van der Waals surface area contributed by atoms with Crippen molar-refractivity contribution in [3.05, 3.63) is 0 Å². The largest absolute Gasteiger partial charge is 0.396 e. The molecule has 20 heavy (non-hydrogen) atoms. The molecule has 2 rings (SSSR count). The van der Waals surface area contributed by atoms with Crippen molar-refractivity contribution in [1.82, 2.24) is 4.90 Å². The molecule has 1 atom stereocenters. The van der Waals surface area contributed by atoms with Gasteiger partial charge < -0.3 is 20.5 Å². The van der Waals surface area contributed by atoms with E-state index in [2.05, 4.69) is 0 Å². The number of rotatable bonds is 6. The van der Waals surface area contributed by atoms with Crippen LogP contribution in [0.25, 0.3) is 0 Å². The molecule has 2 fully saturated rings. The van der Waals surface area contributed by atoms with E-state index < -0.39 is 5.54 Å². The smallest absolute Gasteiger partial charge is 0.242 e. The summed E-state index contributed by atoms with van der Waals surface area (Å²) in [4.78, 5) is 14.2. The number of carbonyl (C=O) groups excluding carboxylic acids is 1. The molecular weight excluding hydrogens is 280 g/mol. The van der Waals surface area contributed by atoms with Crippen LogP contribution < -0.4 is 5.73 Å². The first-order valence-corrected chi connectivity index (χ1v) is 7.23. The third-order valence-electron chi connectivity index (χ3n) is 4.55. The van der Waals surface area contributed by atoms with Gasteiger partial charge in [0.1, 0.15) is 0 Å². The Bertz CT molecular complexity index is 336. The summed E-state index contributed by atoms with van der Waals surface area (Å²) >= 11 is 0. The molecule has 0 radical (unpaired) electrons. The van der Waals surface area contributed by atoms with E-state index >= 15 is 0 Å². The summed E-state index contributed by atoms with van der Waals surface area (Å²) in [6, 6.07) is 0. The third-order valence-corrected chi connectivity index (χ3v) is 4.55. The standard InChI is InChI=1S/C14H26N2O3.ClH/c1-19-9-3-5-13(11-17)4-2-8-16(10-13)12(18)14(15)6-7-14;/h17H,2-11,15H2,1H3;1H. The summed E-state index contributed by atoms with van der Waals surface area (Å²) in [7, 11) is 1.69. The highest BCUT2D eigenvalue weighted by Gasteiger charge is 2.50. The zero-order valence-electron chi connectivity index (χ0n) is 12.3. The second kappa shape index (κ2) is 7.07. The van der Waals surface area contributed by atoms with Crippen molar-refractivity contribution in [2.75, 3.05) is 33.4 Å². The number of amides is 1. The minimum Gasteiger partial charge on any atom is -0.396 e. The predicted molar refractivity (Wildman–Crippen MR) is 79.8 cm³/mol. The quantitative estimate of drug-likeness (QED) is 0.716. The number of aliphatic hydroxyl groups excluding tert-OH is 1. The number of halogens is 1. The van der Waals surface area contributed by atoms with Gasteiger partial charge in [-0.2, -0.15) is 0 Å². The number of piperidine rings is 1. The molecule has 0 spiro atoms. The Morgan fingerprint density at radius 3 is 2.65 bits per heavy atom. The van der Waals surface area contributed by atoms with Crippen molar-refractivity contribution in [2.24, 2.45) is 11.1 Å². The lowest BCUT2D eigenvalue weighted by Gasteiger charge is -2.42. The molecule has 5 nitrogen and oxygen atoms in total. The van der Waals surface area contributed by atoms with Crippen LogP contribution in [0.5, 0.6) is 0 Å². The minimum absolute atomic E-state index is 0. The van der Waals surface area contributed by atoms with Gasteiger partial charge in [0.05, 0.1) is 12.1 Å². The first kappa shape index (κ1) is 17.7. The molecule has 1 saturated carbocycles. The van der Waals surface area contributed by atoms with Gasteiger partial charge in [-0.25, -0.2) is 0 Å². The normalized spacial score (nSPS) is 27.9. The Kier molecular flexibility index (Phi) is 6.25. The number of nitrogens with two attached hydrogens (primary N) is 1. The van der Waals surface area contributed by atoms with Crippen molar-refractivity contribution >= 4 is 18.3 Å². The van der Waals surface area contributed by atoms with Crippen LogP contribution in [0.15, 0.2) is 0 Å². The van der Waals surface area contributed by atoms with Crippen molar-refractivity contribution in [1.29, 1.82) is 0 Å². The fourth-order valence-corrected chi connectivity index (χ4v) is 3.05. The van der Waals surface area contributed by atoms with E-state index in [1.165, 1.54) is 0 Å². The zero-order valence-corrected chi connectivity index (χ0v) is 13.1. The van der Waals surface area contributed by atoms with E-state index in [0.29, 0.717) is 13.2 Å². The molecule has 2 aliphatic rings. The lowest BCUT2D eigenvalue weighted by atomic mass is 9.76. The fraction of sp³-hybridized carbons (Fsp3) is 0.929. The molecule has 118 valence electrons. The van der Waals surface area contributed by atoms with Gasteiger partial charge >= 0.3 is 0 Å². The fourth-order valence-electron chi connectivity index (χ4n) is 3.05. The molecule has 0 aromatic heterocycles. The van der Waals surface area contributed by atoms with Gasteiger partial charge in [0.15, 0.2) is 0 Å². The van der Waals surface area contributed by atoms with Crippen LogP contribution in [0.3, 0.4) is 0 Å². The molecule has 3 N–H and O–H groups in total. The number of hydrogen-bond acceptors (Lipinski definition) is 4. The van der Waals surface area contributed by atoms with Crippen LogP contribution in [-0.2, 0) is 9.53 Å². The van der Waals surface area contributed by atoms with Crippen molar-refractivity contribution < 1.29 is 14.6 Å². The molecular formula is C14H27ClN2O3. The van der Waals surface area contributed by atoms with Crippen LogP contribution in [-0.4, -0.2) is 54.9 Å². The number of methoxy groups -OCH3 is 1. The van der Waals surface area contributed by atoms with Crippen LogP contribution >= 0.6 is 12.4 Å². The van der Waals surface area contributed by atoms with Crippen LogP contribution in [0.1, 0.15) is 38.5 Å². The number of likely N-dealkylation sites (tertiary alicyclic amines) is 1. The number of ether oxygens (including phenoxy) is 1. The highest BCUT2D eigenvalue weighted by Crippen LogP contribution is 2.39. The van der Waals surface area contributed by atoms with Gasteiger partial charge in [0.2, 0.25) is 5.91 Å². The topological polar surface area (TPSA) is 75.8 Å². The highest BCUT2D eigenvalue weighted by atomic mass is 35.5. The van der Waals surface area contributed by atoms with E-state index in [-0.39, 0.29) is 30.3 Å². The summed E-state index contributed by atoms with van der Waals surface area (Å²) in [5.74, 6) is 0.0803. The average Bonchev–Trinajstić information content (AvgIpc) is 3.18. The summed E-state index contributed by atoms with van der Waals surface area (Å²) in [5.41, 5.74) is 5.25. The maximum Gasteiger partial charge on any atom is 0.242 e. The van der Waals surface area contributed by atoms with E-state index in [0.717, 1.165) is 45.1 Å². The van der Waals surface area contributed by atoms with Crippen LogP contribution in [0, 0.1) is 5.41 Å². The van der Waals surface area contributed by atoms with E-state index in [4.69, 9.17) is 10.5 Å². The van der Waals surface area contributed by atoms with Gasteiger partial charge in [0, 0.05) is 32.2 Å². The molecule has 1 saturated heterocycles. The SMILES string of the molecule is COCCCC1(CO)CCCN(C(=O)C2(N)CC2)C1.Cl. The maximum absolute atomic E-state index is 12.3. The summed E-state index contributed by atoms with van der Waals surface area (Å²) in [6.07, 6.45) is 5.37. The summed E-state index contributed by atoms with van der Waals surface area (Å²) in [6.45, 7) is 2.27. The zero-order chi connectivity index (χ0) is 13.9. The number of carbonyl (C=O) groups is 1. The lowest BCUT2D eigenvalue weighted by Crippen LogP contribution is -2.53. The third kappa shape index (κ3) is 3.85. The Labute approximate surface area is 127 Å². The second-order valence-electron chi connectivity index (χ2n) is 6.24. The molecule has 0 bridgehead atoms. The highest BCUT2D eigenvalue weighted by molar-refractivity contribution is 5.89.